The van der Waals surface area contributed by atoms with E-state index >= 15 is 0 Å². The second kappa shape index (κ2) is 10.4. The van der Waals surface area contributed by atoms with Gasteiger partial charge in [-0.15, -0.1) is 11.3 Å². The fourth-order valence-electron chi connectivity index (χ4n) is 2.29. The molecule has 0 unspecified atom stereocenters. The van der Waals surface area contributed by atoms with Gasteiger partial charge in [0.25, 0.3) is 0 Å². The number of thiazole rings is 1. The molecule has 0 fully saturated rings. The van der Waals surface area contributed by atoms with E-state index in [-0.39, 0.29) is 0 Å². The Hall–Kier alpha value is -0.350. The van der Waals surface area contributed by atoms with E-state index in [4.69, 9.17) is 12.2 Å². The van der Waals surface area contributed by atoms with Crippen LogP contribution in [0.1, 0.15) is 71.1 Å². The third-order valence-corrected chi connectivity index (χ3v) is 4.76. The molecule has 0 radical (unpaired) electrons. The van der Waals surface area contributed by atoms with Crippen molar-refractivity contribution in [3.63, 3.8) is 0 Å². The number of aromatic hydroxyl groups is 1. The van der Waals surface area contributed by atoms with Crippen LogP contribution >= 0.6 is 23.6 Å². The van der Waals surface area contributed by atoms with Crippen molar-refractivity contribution in [1.82, 2.24) is 4.57 Å². The number of hydrogen-bond acceptors (Lipinski definition) is 3. The van der Waals surface area contributed by atoms with Crippen molar-refractivity contribution in [3.8, 4) is 5.88 Å². The lowest BCUT2D eigenvalue weighted by atomic mass is 10.1. The van der Waals surface area contributed by atoms with Crippen LogP contribution in [0.15, 0.2) is 5.38 Å². The first-order valence-corrected chi connectivity index (χ1v) is 8.91. The summed E-state index contributed by atoms with van der Waals surface area (Å²) in [6.45, 7) is 3.13. The Kier molecular flexibility index (Phi) is 9.18. The highest BCUT2D eigenvalue weighted by Gasteiger charge is 2.01. The summed E-state index contributed by atoms with van der Waals surface area (Å²) in [5.74, 6) is 0.325. The highest BCUT2D eigenvalue weighted by molar-refractivity contribution is 7.73. The Bertz CT molecular complexity index is 384. The molecule has 0 atom stereocenters. The molecule has 1 aromatic rings. The van der Waals surface area contributed by atoms with Gasteiger partial charge >= 0.3 is 0 Å². The van der Waals surface area contributed by atoms with Gasteiger partial charge in [-0.05, 0) is 18.6 Å². The molecule has 0 saturated carbocycles. The number of nitrogens with zero attached hydrogens (tertiary/aromatic N) is 1. The zero-order chi connectivity index (χ0) is 13.9. The second-order valence-electron chi connectivity index (χ2n) is 5.19. The third kappa shape index (κ3) is 7.11. The fraction of sp³-hybridized carbons (Fsp3) is 0.800. The number of hydrogen-bond donors (Lipinski definition) is 1. The molecule has 2 nitrogen and oxygen atoms in total. The van der Waals surface area contributed by atoms with Gasteiger partial charge in [0.15, 0.2) is 3.95 Å². The SMILES string of the molecule is CCCCCCCCCCCCn1c(O)csc1=S. The van der Waals surface area contributed by atoms with Crippen molar-refractivity contribution >= 4 is 23.6 Å². The van der Waals surface area contributed by atoms with Gasteiger partial charge in [0.05, 0.1) is 5.38 Å². The minimum Gasteiger partial charge on any atom is -0.494 e. The summed E-state index contributed by atoms with van der Waals surface area (Å²) in [6.07, 6.45) is 13.4. The standard InChI is InChI=1S/C15H27NOS2/c1-2-3-4-5-6-7-8-9-10-11-12-16-14(17)13-19-15(16)18/h13,17H,2-12H2,1H3. The minimum atomic E-state index is 0.325. The molecule has 19 heavy (non-hydrogen) atoms. The topological polar surface area (TPSA) is 25.2 Å². The zero-order valence-corrected chi connectivity index (χ0v) is 13.7. The van der Waals surface area contributed by atoms with Crippen LogP contribution in [0.3, 0.4) is 0 Å². The predicted molar refractivity (Wildman–Crippen MR) is 86.7 cm³/mol. The minimum absolute atomic E-state index is 0.325. The summed E-state index contributed by atoms with van der Waals surface area (Å²) in [6, 6.07) is 0. The Labute approximate surface area is 126 Å². The molecule has 1 rings (SSSR count). The van der Waals surface area contributed by atoms with Crippen molar-refractivity contribution in [2.45, 2.75) is 77.7 Å². The second-order valence-corrected chi connectivity index (χ2v) is 6.70. The summed E-state index contributed by atoms with van der Waals surface area (Å²) in [5.41, 5.74) is 0. The maximum Gasteiger partial charge on any atom is 0.202 e. The van der Waals surface area contributed by atoms with Crippen LogP contribution < -0.4 is 0 Å². The highest BCUT2D eigenvalue weighted by Crippen LogP contribution is 2.18. The van der Waals surface area contributed by atoms with E-state index in [1.165, 1.54) is 69.1 Å². The Morgan fingerprint density at radius 2 is 1.53 bits per heavy atom. The molecule has 0 aliphatic heterocycles. The summed E-state index contributed by atoms with van der Waals surface area (Å²) in [5, 5.41) is 11.3. The van der Waals surface area contributed by atoms with Crippen LogP contribution in [0.25, 0.3) is 0 Å². The first kappa shape index (κ1) is 16.7. The van der Waals surface area contributed by atoms with Gasteiger partial charge in [-0.25, -0.2) is 0 Å². The van der Waals surface area contributed by atoms with Gasteiger partial charge in [-0.3, -0.25) is 4.57 Å². The van der Waals surface area contributed by atoms with Gasteiger partial charge < -0.3 is 5.11 Å². The van der Waals surface area contributed by atoms with Crippen molar-refractivity contribution in [2.75, 3.05) is 0 Å². The Balaban J connectivity index is 1.93. The quantitative estimate of drug-likeness (QED) is 0.406. The van der Waals surface area contributed by atoms with Gasteiger partial charge in [-0.2, -0.15) is 0 Å². The Morgan fingerprint density at radius 1 is 1.00 bits per heavy atom. The third-order valence-electron chi connectivity index (χ3n) is 3.50. The van der Waals surface area contributed by atoms with Gasteiger partial charge in [-0.1, -0.05) is 64.7 Å². The van der Waals surface area contributed by atoms with Gasteiger partial charge in [0, 0.05) is 6.54 Å². The van der Waals surface area contributed by atoms with E-state index in [0.29, 0.717) is 5.88 Å². The van der Waals surface area contributed by atoms with Crippen molar-refractivity contribution in [3.05, 3.63) is 9.33 Å². The summed E-state index contributed by atoms with van der Waals surface area (Å²) >= 11 is 6.60. The van der Waals surface area contributed by atoms with E-state index in [0.717, 1.165) is 16.9 Å². The van der Waals surface area contributed by atoms with Crippen LogP contribution in [0.2, 0.25) is 0 Å². The molecule has 0 aliphatic carbocycles. The van der Waals surface area contributed by atoms with E-state index in [2.05, 4.69) is 6.92 Å². The molecule has 0 saturated heterocycles. The lowest BCUT2D eigenvalue weighted by Gasteiger charge is -2.04. The van der Waals surface area contributed by atoms with Crippen molar-refractivity contribution < 1.29 is 5.11 Å². The number of rotatable bonds is 11. The first-order valence-electron chi connectivity index (χ1n) is 7.63. The lowest BCUT2D eigenvalue weighted by molar-refractivity contribution is 0.408. The molecule has 0 aromatic carbocycles. The van der Waals surface area contributed by atoms with E-state index in [1.54, 1.807) is 5.38 Å². The molecule has 4 heteroatoms. The van der Waals surface area contributed by atoms with Crippen LogP contribution in [0.5, 0.6) is 5.88 Å². The number of aromatic nitrogens is 1. The molecular weight excluding hydrogens is 274 g/mol. The molecule has 1 heterocycles. The molecule has 1 N–H and O–H groups in total. The van der Waals surface area contributed by atoms with E-state index in [9.17, 15) is 5.11 Å². The highest BCUT2D eigenvalue weighted by atomic mass is 32.1. The maximum absolute atomic E-state index is 9.58. The summed E-state index contributed by atoms with van der Waals surface area (Å²) in [7, 11) is 0. The largest absolute Gasteiger partial charge is 0.494 e. The molecule has 110 valence electrons. The predicted octanol–water partition coefficient (Wildman–Crippen LogP) is 5.91. The summed E-state index contributed by atoms with van der Waals surface area (Å²) < 4.78 is 2.62. The molecular formula is C15H27NOS2. The molecule has 0 amide bonds. The summed E-state index contributed by atoms with van der Waals surface area (Å²) in [4.78, 5) is 0. The molecule has 0 spiro atoms. The normalized spacial score (nSPS) is 11.0. The molecule has 0 aliphatic rings. The molecule has 1 aromatic heterocycles. The maximum atomic E-state index is 9.58. The van der Waals surface area contributed by atoms with E-state index in [1.807, 2.05) is 4.57 Å². The fourth-order valence-corrected chi connectivity index (χ4v) is 3.26. The van der Waals surface area contributed by atoms with Crippen LogP contribution in [0.4, 0.5) is 0 Å². The average molecular weight is 302 g/mol. The van der Waals surface area contributed by atoms with Crippen LogP contribution in [-0.2, 0) is 6.54 Å². The number of unbranched alkanes of at least 4 members (excludes halogenated alkanes) is 9. The molecule has 0 bridgehead atoms. The van der Waals surface area contributed by atoms with Crippen molar-refractivity contribution in [2.24, 2.45) is 0 Å². The monoisotopic (exact) mass is 301 g/mol. The van der Waals surface area contributed by atoms with Gasteiger partial charge in [0.2, 0.25) is 5.88 Å². The zero-order valence-electron chi connectivity index (χ0n) is 12.1. The van der Waals surface area contributed by atoms with E-state index < -0.39 is 0 Å². The van der Waals surface area contributed by atoms with Gasteiger partial charge in [0.1, 0.15) is 0 Å². The first-order chi connectivity index (χ1) is 9.25. The van der Waals surface area contributed by atoms with Crippen LogP contribution in [-0.4, -0.2) is 9.67 Å². The lowest BCUT2D eigenvalue weighted by Crippen LogP contribution is -1.96. The average Bonchev–Trinajstić information content (AvgIpc) is 2.72. The van der Waals surface area contributed by atoms with Crippen molar-refractivity contribution in [1.29, 1.82) is 0 Å². The Morgan fingerprint density at radius 3 is 2.00 bits per heavy atom. The smallest absolute Gasteiger partial charge is 0.202 e. The van der Waals surface area contributed by atoms with Crippen LogP contribution in [0, 0.1) is 3.95 Å².